The molecule has 0 radical (unpaired) electrons. The first-order valence-corrected chi connectivity index (χ1v) is 37.3. The lowest BCUT2D eigenvalue weighted by molar-refractivity contribution is 0.571. The van der Waals surface area contributed by atoms with Crippen molar-refractivity contribution < 1.29 is 0 Å². The first-order valence-electron chi connectivity index (χ1n) is 15.5. The summed E-state index contributed by atoms with van der Waals surface area (Å²) in [7, 11) is 21.7. The molecule has 23 heteroatoms. The Morgan fingerprint density at radius 2 is 0.544 bits per heavy atom. The fourth-order valence-electron chi connectivity index (χ4n) is 6.52. The molecule has 0 spiro atoms. The van der Waals surface area contributed by atoms with Crippen molar-refractivity contribution in [2.45, 2.75) is 10.8 Å². The molecule has 57 heavy (non-hydrogen) atoms. The van der Waals surface area contributed by atoms with E-state index >= 15 is 0 Å². The molecule has 0 amide bonds. The molecule has 0 bridgehead atoms. The van der Waals surface area contributed by atoms with Gasteiger partial charge in [0.2, 0.25) is 0 Å². The van der Waals surface area contributed by atoms with Crippen LogP contribution in [-0.4, -0.2) is 19.9 Å². The summed E-state index contributed by atoms with van der Waals surface area (Å²) in [5.74, 6) is 0. The second-order valence-electron chi connectivity index (χ2n) is 10.9. The molecule has 0 fully saturated rings. The largest absolute Gasteiger partial charge is 0.244 e. The van der Waals surface area contributed by atoms with E-state index in [4.69, 9.17) is 42.3 Å². The highest BCUT2D eigenvalue weighted by molar-refractivity contribution is 9.11. The average Bonchev–Trinajstić information content (AvgIpc) is 3.22. The van der Waals surface area contributed by atoms with Crippen molar-refractivity contribution in [1.82, 2.24) is 19.9 Å². The molecule has 7 rings (SSSR count). The number of hydrogen-bond acceptors (Lipinski definition) is 6. The Labute approximate surface area is 410 Å². The summed E-state index contributed by atoms with van der Waals surface area (Å²) in [5, 5.41) is 0. The quantitative estimate of drug-likeness (QED) is 0.164. The summed E-state index contributed by atoms with van der Waals surface area (Å²) < 4.78 is 3.01. The summed E-state index contributed by atoms with van der Waals surface area (Å²) in [6.45, 7) is 0. The van der Waals surface area contributed by atoms with Gasteiger partial charge in [-0.3, -0.25) is 0 Å². The van der Waals surface area contributed by atoms with Gasteiger partial charge in [-0.1, -0.05) is 72.8 Å². The van der Waals surface area contributed by atoms with Crippen LogP contribution in [0.1, 0.15) is 45.0 Å². The number of halogens is 4. The molecular formula is C34H20Br4N4S15. The summed E-state index contributed by atoms with van der Waals surface area (Å²) in [4.78, 5) is 20.4. The molecule has 1 aliphatic rings. The van der Waals surface area contributed by atoms with Crippen molar-refractivity contribution in [2.75, 3.05) is 0 Å². The van der Waals surface area contributed by atoms with Crippen molar-refractivity contribution >= 4 is 202 Å². The molecule has 4 aromatic heterocycles. The molecular weight excluding hydrogens is 1270 g/mol. The van der Waals surface area contributed by atoms with Gasteiger partial charge in [-0.2, -0.15) is 0 Å². The van der Waals surface area contributed by atoms with Crippen LogP contribution in [0.25, 0.3) is 0 Å². The number of aromatic nitrogens is 4. The third-order valence-corrected chi connectivity index (χ3v) is 36.6. The molecule has 1 aliphatic carbocycles. The normalized spacial score (nSPS) is 12.6. The summed E-state index contributed by atoms with van der Waals surface area (Å²) in [5.41, 5.74) is 5.99. The molecule has 4 heterocycles. The van der Waals surface area contributed by atoms with Crippen LogP contribution in [0.4, 0.5) is 0 Å². The highest BCUT2D eigenvalue weighted by Crippen LogP contribution is 2.59. The molecule has 0 saturated carbocycles. The standard InChI is InChI=1S/C34H20Br4N4.S15/c35-29-17-5-13-25(39-29)33(26-14-6-18-30(36)40-26)21-9-1-2-10-22(21)34(24-12-4-3-11-23(24)33,27-15-7-19-31(37)41-27)28-16-8-20-32(38)42-28;1-3-5-7-9-11-13-15-14-12-10-8-6-4-2/h1-20H;. The van der Waals surface area contributed by atoms with Gasteiger partial charge < -0.3 is 0 Å². The van der Waals surface area contributed by atoms with E-state index in [1.165, 1.54) is 17.8 Å². The van der Waals surface area contributed by atoms with Gasteiger partial charge in [0, 0.05) is 138 Å². The summed E-state index contributed by atoms with van der Waals surface area (Å²) in [6.07, 6.45) is 0. The average molecular weight is 1290 g/mol. The molecule has 0 aliphatic heterocycles. The van der Waals surface area contributed by atoms with Gasteiger partial charge in [0.15, 0.2) is 0 Å². The van der Waals surface area contributed by atoms with Gasteiger partial charge in [0.25, 0.3) is 0 Å². The third-order valence-electron chi connectivity index (χ3n) is 8.20. The molecule has 0 unspecified atom stereocenters. The van der Waals surface area contributed by atoms with Gasteiger partial charge in [0.05, 0.1) is 22.8 Å². The number of pyridine rings is 4. The Hall–Kier alpha value is 0.260. The molecule has 0 atom stereocenters. The Morgan fingerprint density at radius 3 is 0.754 bits per heavy atom. The van der Waals surface area contributed by atoms with Crippen LogP contribution in [0.15, 0.2) is 140 Å². The van der Waals surface area contributed by atoms with E-state index in [-0.39, 0.29) is 0 Å². The minimum Gasteiger partial charge on any atom is -0.244 e. The van der Waals surface area contributed by atoms with E-state index in [1.54, 1.807) is 97.7 Å². The summed E-state index contributed by atoms with van der Waals surface area (Å²) >= 11 is 24.1. The van der Waals surface area contributed by atoms with Gasteiger partial charge in [-0.05, 0) is 135 Å². The first-order chi connectivity index (χ1) is 27.9. The third kappa shape index (κ3) is 11.1. The van der Waals surface area contributed by atoms with Crippen LogP contribution in [0, 0.1) is 0 Å². The maximum Gasteiger partial charge on any atom is 0.106 e. The minimum absolute atomic E-state index is 0.753. The molecule has 4 nitrogen and oxygen atoms in total. The lowest BCUT2D eigenvalue weighted by Gasteiger charge is -2.48. The van der Waals surface area contributed by atoms with Crippen LogP contribution in [-0.2, 0) is 149 Å². The van der Waals surface area contributed by atoms with E-state index < -0.39 is 10.8 Å². The van der Waals surface area contributed by atoms with Crippen LogP contribution in [0.2, 0.25) is 0 Å². The zero-order valence-electron chi connectivity index (χ0n) is 28.0. The number of benzene rings is 2. The van der Waals surface area contributed by atoms with Crippen LogP contribution < -0.4 is 0 Å². The molecule has 0 N–H and O–H groups in total. The Bertz CT molecular complexity index is 2750. The van der Waals surface area contributed by atoms with Crippen molar-refractivity contribution in [1.29, 1.82) is 0 Å². The Morgan fingerprint density at radius 1 is 0.316 bits per heavy atom. The molecule has 6 aromatic rings. The zero-order chi connectivity index (χ0) is 40.1. The van der Waals surface area contributed by atoms with Gasteiger partial charge >= 0.3 is 0 Å². The Balaban J connectivity index is 0.000000313. The second kappa shape index (κ2) is 23.6. The number of hydrogen-bond donors (Lipinski definition) is 0. The predicted octanol–water partition coefficient (Wildman–Crippen LogP) is 9.36. The van der Waals surface area contributed by atoms with Crippen LogP contribution in [0.3, 0.4) is 0 Å². The predicted molar refractivity (Wildman–Crippen MR) is 289 cm³/mol. The van der Waals surface area contributed by atoms with Crippen molar-refractivity contribution in [3.05, 3.63) is 185 Å². The monoisotopic (exact) mass is 1280 g/mol. The highest BCUT2D eigenvalue weighted by Gasteiger charge is 2.56. The molecule has 2 aromatic carbocycles. The van der Waals surface area contributed by atoms with E-state index in [0.29, 0.717) is 0 Å². The van der Waals surface area contributed by atoms with Gasteiger partial charge in [0.1, 0.15) is 29.2 Å². The van der Waals surface area contributed by atoms with Crippen LogP contribution >= 0.6 is 63.7 Å². The fourth-order valence-corrected chi connectivity index (χ4v) is 38.1. The smallest absolute Gasteiger partial charge is 0.106 e. The minimum atomic E-state index is -0.845. The van der Waals surface area contributed by atoms with Gasteiger partial charge in [-0.15, -0.1) is 0 Å². The van der Waals surface area contributed by atoms with E-state index in [9.17, 15) is 0 Å². The Kier molecular flexibility index (Phi) is 19.4. The van der Waals surface area contributed by atoms with Crippen molar-refractivity contribution in [3.8, 4) is 0 Å². The molecule has 294 valence electrons. The lowest BCUT2D eigenvalue weighted by Crippen LogP contribution is -2.47. The molecule has 0 saturated heterocycles. The SMILES string of the molecule is Brc1cccc(C2(c3cccc(Br)n3)c3ccccc3C(c3cccc(Br)n3)(c3cccc(Br)n3)c3ccccc32)n1.S=S=S=S=S=S=S=S=S=S=S=S=S=S=S. The van der Waals surface area contributed by atoms with E-state index in [2.05, 4.69) is 137 Å². The number of fused-ring (bicyclic) bond motifs is 2. The first kappa shape index (κ1) is 46.8. The topological polar surface area (TPSA) is 51.6 Å². The van der Waals surface area contributed by atoms with E-state index in [0.717, 1.165) is 63.4 Å². The maximum atomic E-state index is 5.11. The second-order valence-corrected chi connectivity index (χ2v) is 37.1. The van der Waals surface area contributed by atoms with Crippen molar-refractivity contribution in [3.63, 3.8) is 0 Å². The van der Waals surface area contributed by atoms with Crippen molar-refractivity contribution in [2.24, 2.45) is 0 Å². The number of nitrogens with zero attached hydrogens (tertiary/aromatic N) is 4. The zero-order valence-corrected chi connectivity index (χ0v) is 46.6. The van der Waals surface area contributed by atoms with Crippen LogP contribution in [0.5, 0.6) is 0 Å². The van der Waals surface area contributed by atoms with E-state index in [1.807, 2.05) is 48.5 Å². The summed E-state index contributed by atoms with van der Waals surface area (Å²) in [6, 6.07) is 41.4. The lowest BCUT2D eigenvalue weighted by atomic mass is 9.53. The van der Waals surface area contributed by atoms with Gasteiger partial charge in [-0.25, -0.2) is 19.9 Å². The number of rotatable bonds is 4. The maximum absolute atomic E-state index is 5.11. The highest BCUT2D eigenvalue weighted by atomic mass is 79.9. The fraction of sp³-hybridized carbons (Fsp3) is 0.0588.